The van der Waals surface area contributed by atoms with E-state index in [0.717, 1.165) is 18.4 Å². The molecule has 1 saturated carbocycles. The van der Waals surface area contributed by atoms with Crippen LogP contribution in [0.3, 0.4) is 0 Å². The van der Waals surface area contributed by atoms with Crippen LogP contribution in [0.25, 0.3) is 0 Å². The molecule has 3 rings (SSSR count). The average Bonchev–Trinajstić information content (AvgIpc) is 3.17. The zero-order chi connectivity index (χ0) is 15.0. The summed E-state index contributed by atoms with van der Waals surface area (Å²) >= 11 is 4.52. The lowest BCUT2D eigenvalue weighted by Gasteiger charge is -2.21. The van der Waals surface area contributed by atoms with Gasteiger partial charge in [-0.25, -0.2) is 8.42 Å². The second-order valence-corrected chi connectivity index (χ2v) is 8.86. The smallest absolute Gasteiger partial charge is 0.254 e. The summed E-state index contributed by atoms with van der Waals surface area (Å²) in [7, 11) is -3.51. The molecule has 1 heterocycles. The minimum atomic E-state index is -3.51. The maximum Gasteiger partial charge on any atom is 0.254 e. The van der Waals surface area contributed by atoms with Crippen molar-refractivity contribution in [2.24, 2.45) is 0 Å². The van der Waals surface area contributed by atoms with Crippen LogP contribution in [0, 0.1) is 0 Å². The van der Waals surface area contributed by atoms with Crippen molar-refractivity contribution in [2.75, 3.05) is 0 Å². The minimum Gasteiger partial charge on any atom is -0.508 e. The topological polar surface area (TPSA) is 57.6 Å². The Balaban J connectivity index is 1.94. The normalized spacial score (nSPS) is 15.5. The number of aromatic hydroxyl groups is 1. The first kappa shape index (κ1) is 15.0. The summed E-state index contributed by atoms with van der Waals surface area (Å²) in [4.78, 5) is 0. The first-order chi connectivity index (χ1) is 9.98. The molecular weight excluding hydrogens is 374 g/mol. The number of halogens is 1. The molecule has 1 N–H and O–H groups in total. The average molecular weight is 388 g/mol. The molecule has 0 saturated heterocycles. The van der Waals surface area contributed by atoms with Gasteiger partial charge in [0.25, 0.3) is 10.0 Å². The number of thiophene rings is 1. The van der Waals surface area contributed by atoms with E-state index in [2.05, 4.69) is 15.9 Å². The number of phenols is 1. The van der Waals surface area contributed by atoms with Crippen molar-refractivity contribution >= 4 is 37.3 Å². The fraction of sp³-hybridized carbons (Fsp3) is 0.286. The van der Waals surface area contributed by atoms with Gasteiger partial charge in [-0.15, -0.1) is 11.3 Å². The lowest BCUT2D eigenvalue weighted by Crippen LogP contribution is -2.32. The summed E-state index contributed by atoms with van der Waals surface area (Å²) in [5, 5.41) is 11.3. The molecule has 7 heteroatoms. The van der Waals surface area contributed by atoms with E-state index in [9.17, 15) is 13.5 Å². The van der Waals surface area contributed by atoms with Crippen LogP contribution in [-0.4, -0.2) is 23.9 Å². The Hall–Kier alpha value is -0.890. The van der Waals surface area contributed by atoms with Crippen LogP contribution in [0.4, 0.5) is 0 Å². The quantitative estimate of drug-likeness (QED) is 0.852. The Bertz CT molecular complexity index is 753. The highest BCUT2D eigenvalue weighted by Crippen LogP contribution is 2.37. The molecule has 0 unspecified atom stereocenters. The fourth-order valence-corrected chi connectivity index (χ4v) is 6.28. The highest BCUT2D eigenvalue weighted by molar-refractivity contribution is 9.10. The molecule has 112 valence electrons. The van der Waals surface area contributed by atoms with Crippen molar-refractivity contribution in [3.8, 4) is 5.75 Å². The van der Waals surface area contributed by atoms with Gasteiger partial charge in [-0.3, -0.25) is 0 Å². The van der Waals surface area contributed by atoms with E-state index >= 15 is 0 Å². The monoisotopic (exact) mass is 387 g/mol. The molecule has 1 aromatic carbocycles. The summed E-state index contributed by atoms with van der Waals surface area (Å²) in [6, 6.07) is 8.55. The predicted octanol–water partition coefficient (Wildman–Crippen LogP) is 3.57. The number of nitrogens with zero attached hydrogens (tertiary/aromatic N) is 1. The molecule has 0 bridgehead atoms. The minimum absolute atomic E-state index is 0.0614. The van der Waals surface area contributed by atoms with Crippen molar-refractivity contribution in [2.45, 2.75) is 29.6 Å². The molecule has 0 radical (unpaired) electrons. The molecule has 4 nitrogen and oxygen atoms in total. The van der Waals surface area contributed by atoms with Gasteiger partial charge < -0.3 is 5.11 Å². The van der Waals surface area contributed by atoms with Crippen LogP contribution < -0.4 is 0 Å². The maximum absolute atomic E-state index is 12.8. The van der Waals surface area contributed by atoms with Crippen LogP contribution >= 0.6 is 27.3 Å². The second kappa shape index (κ2) is 5.72. The molecular formula is C14H14BrNO3S2. The Morgan fingerprint density at radius 3 is 2.67 bits per heavy atom. The van der Waals surface area contributed by atoms with Gasteiger partial charge in [-0.1, -0.05) is 12.1 Å². The summed E-state index contributed by atoms with van der Waals surface area (Å²) in [5.41, 5.74) is 0.790. The number of hydrogen-bond acceptors (Lipinski definition) is 4. The fourth-order valence-electron chi connectivity index (χ4n) is 2.18. The first-order valence-electron chi connectivity index (χ1n) is 6.51. The van der Waals surface area contributed by atoms with Crippen molar-refractivity contribution in [1.82, 2.24) is 4.31 Å². The molecule has 0 spiro atoms. The van der Waals surface area contributed by atoms with Gasteiger partial charge in [0.05, 0.1) is 0 Å². The van der Waals surface area contributed by atoms with E-state index in [1.54, 1.807) is 34.0 Å². The maximum atomic E-state index is 12.8. The zero-order valence-corrected chi connectivity index (χ0v) is 14.3. The molecule has 1 fully saturated rings. The summed E-state index contributed by atoms with van der Waals surface area (Å²) in [5.74, 6) is 0.151. The van der Waals surface area contributed by atoms with Gasteiger partial charge in [0.2, 0.25) is 0 Å². The molecule has 1 aromatic heterocycles. The number of benzene rings is 1. The van der Waals surface area contributed by atoms with E-state index in [1.807, 2.05) is 6.07 Å². The van der Waals surface area contributed by atoms with Crippen LogP contribution in [0.5, 0.6) is 5.75 Å². The molecule has 0 amide bonds. The van der Waals surface area contributed by atoms with Crippen LogP contribution in [-0.2, 0) is 16.6 Å². The summed E-state index contributed by atoms with van der Waals surface area (Å²) in [6.07, 6.45) is 1.78. The van der Waals surface area contributed by atoms with Gasteiger partial charge in [-0.05, 0) is 57.9 Å². The van der Waals surface area contributed by atoms with Gasteiger partial charge in [-0.2, -0.15) is 4.31 Å². The predicted molar refractivity (Wildman–Crippen MR) is 85.9 cm³/mol. The zero-order valence-electron chi connectivity index (χ0n) is 11.1. The number of phenolic OH excluding ortho intramolecular Hbond substituents is 1. The Morgan fingerprint density at radius 1 is 1.33 bits per heavy atom. The third-order valence-electron chi connectivity index (χ3n) is 3.33. The molecule has 1 aliphatic carbocycles. The molecule has 2 aromatic rings. The lowest BCUT2D eigenvalue weighted by atomic mass is 10.2. The van der Waals surface area contributed by atoms with E-state index in [-0.39, 0.29) is 18.3 Å². The Kier molecular flexibility index (Phi) is 4.09. The van der Waals surface area contributed by atoms with Gasteiger partial charge >= 0.3 is 0 Å². The van der Waals surface area contributed by atoms with Crippen LogP contribution in [0.2, 0.25) is 0 Å². The van der Waals surface area contributed by atoms with Crippen molar-refractivity contribution < 1.29 is 13.5 Å². The summed E-state index contributed by atoms with van der Waals surface area (Å²) < 4.78 is 28.1. The largest absolute Gasteiger partial charge is 0.508 e. The van der Waals surface area contributed by atoms with Gasteiger partial charge in [0.1, 0.15) is 9.96 Å². The summed E-state index contributed by atoms with van der Waals surface area (Å²) in [6.45, 7) is 0.283. The lowest BCUT2D eigenvalue weighted by molar-refractivity contribution is 0.398. The van der Waals surface area contributed by atoms with Crippen molar-refractivity contribution in [3.05, 3.63) is 45.7 Å². The van der Waals surface area contributed by atoms with Crippen LogP contribution in [0.1, 0.15) is 18.4 Å². The van der Waals surface area contributed by atoms with E-state index < -0.39 is 10.0 Å². The van der Waals surface area contributed by atoms with E-state index in [0.29, 0.717) is 8.68 Å². The molecule has 0 aliphatic heterocycles. The standard InChI is InChI=1S/C14H14BrNO3S2/c15-13-6-7-20-14(13)21(18,19)16(11-4-5-11)9-10-2-1-3-12(17)8-10/h1-3,6-8,11,17H,4-5,9H2. The highest BCUT2D eigenvalue weighted by Gasteiger charge is 2.39. The molecule has 0 atom stereocenters. The first-order valence-corrected chi connectivity index (χ1v) is 9.62. The Morgan fingerprint density at radius 2 is 2.10 bits per heavy atom. The second-order valence-electron chi connectivity index (χ2n) is 5.01. The SMILES string of the molecule is O=S(=O)(c1sccc1Br)N(Cc1cccc(O)c1)C1CC1. The van der Waals surface area contributed by atoms with Crippen molar-refractivity contribution in [1.29, 1.82) is 0 Å². The third kappa shape index (κ3) is 3.15. The Labute approximate surface area is 136 Å². The molecule has 1 aliphatic rings. The number of rotatable bonds is 5. The number of hydrogen-bond donors (Lipinski definition) is 1. The van der Waals surface area contributed by atoms with E-state index in [1.165, 1.54) is 11.3 Å². The third-order valence-corrected chi connectivity index (χ3v) is 7.88. The van der Waals surface area contributed by atoms with Crippen LogP contribution in [0.15, 0.2) is 44.4 Å². The van der Waals surface area contributed by atoms with Gasteiger partial charge in [0.15, 0.2) is 0 Å². The highest BCUT2D eigenvalue weighted by atomic mass is 79.9. The van der Waals surface area contributed by atoms with Gasteiger partial charge in [0, 0.05) is 17.1 Å². The van der Waals surface area contributed by atoms with E-state index in [4.69, 9.17) is 0 Å². The van der Waals surface area contributed by atoms with Crippen molar-refractivity contribution in [3.63, 3.8) is 0 Å². The number of sulfonamides is 1. The molecule has 21 heavy (non-hydrogen) atoms.